The van der Waals surface area contributed by atoms with Crippen LogP contribution in [-0.2, 0) is 28.6 Å². The third kappa shape index (κ3) is 50.2. The number of allylic oxidation sites excluding steroid dienone is 8. The monoisotopic (exact) mass is 883 g/mol. The predicted molar refractivity (Wildman–Crippen MR) is 270 cm³/mol. The Balaban J connectivity index is 4.41. The molecule has 366 valence electrons. The molecule has 0 aromatic carbocycles. The molecule has 0 fully saturated rings. The van der Waals surface area contributed by atoms with E-state index < -0.39 is 6.10 Å². The maximum absolute atomic E-state index is 12.8. The summed E-state index contributed by atoms with van der Waals surface area (Å²) >= 11 is 0. The molecular formula is C57H102O6. The van der Waals surface area contributed by atoms with E-state index in [4.69, 9.17) is 14.2 Å². The highest BCUT2D eigenvalue weighted by Gasteiger charge is 2.19. The van der Waals surface area contributed by atoms with E-state index in [1.54, 1.807) is 0 Å². The zero-order valence-electron chi connectivity index (χ0n) is 41.8. The first-order valence-corrected chi connectivity index (χ1v) is 27.1. The molecule has 0 aliphatic carbocycles. The van der Waals surface area contributed by atoms with Gasteiger partial charge in [0.25, 0.3) is 0 Å². The van der Waals surface area contributed by atoms with Crippen molar-refractivity contribution in [1.82, 2.24) is 0 Å². The number of unbranched alkanes of at least 4 members (excludes halogenated alkanes) is 30. The van der Waals surface area contributed by atoms with Gasteiger partial charge in [-0.3, -0.25) is 14.4 Å². The van der Waals surface area contributed by atoms with Crippen LogP contribution in [0.15, 0.2) is 48.6 Å². The molecule has 0 N–H and O–H groups in total. The summed E-state index contributed by atoms with van der Waals surface area (Å²) < 4.78 is 16.8. The molecule has 6 heteroatoms. The van der Waals surface area contributed by atoms with E-state index in [-0.39, 0.29) is 31.1 Å². The second-order valence-electron chi connectivity index (χ2n) is 18.1. The molecule has 0 saturated carbocycles. The standard InChI is InChI=1S/C57H102O6/c1-4-7-10-13-16-19-22-25-28-31-34-37-40-43-46-49-55(58)61-52-54(63-57(60)51-48-45-42-39-36-33-30-27-24-21-18-15-12-9-6-3)53-62-56(59)50-47-44-41-38-35-32-29-26-23-20-17-14-11-8-5-2/h16,19,21,24-26,28-29,54H,4-15,17-18,20,22-23,27,30-53H2,1-3H3. The maximum atomic E-state index is 12.8. The van der Waals surface area contributed by atoms with E-state index in [1.165, 1.54) is 154 Å². The summed E-state index contributed by atoms with van der Waals surface area (Å²) in [5.74, 6) is -0.900. The molecule has 0 spiro atoms. The van der Waals surface area contributed by atoms with Crippen molar-refractivity contribution in [2.75, 3.05) is 13.2 Å². The Bertz CT molecular complexity index is 1110. The van der Waals surface area contributed by atoms with Crippen molar-refractivity contribution in [2.45, 2.75) is 284 Å². The highest BCUT2D eigenvalue weighted by molar-refractivity contribution is 5.71. The average Bonchev–Trinajstić information content (AvgIpc) is 3.28. The molecule has 0 aliphatic heterocycles. The molecule has 63 heavy (non-hydrogen) atoms. The quantitative estimate of drug-likeness (QED) is 0.0262. The minimum Gasteiger partial charge on any atom is -0.462 e. The van der Waals surface area contributed by atoms with E-state index in [0.717, 1.165) is 83.5 Å². The number of carbonyl (C=O) groups is 3. The minimum absolute atomic E-state index is 0.0827. The molecule has 0 radical (unpaired) electrons. The molecule has 0 heterocycles. The summed E-state index contributed by atoms with van der Waals surface area (Å²) in [7, 11) is 0. The van der Waals surface area contributed by atoms with Crippen LogP contribution in [0.1, 0.15) is 278 Å². The van der Waals surface area contributed by atoms with Gasteiger partial charge in [-0.25, -0.2) is 0 Å². The largest absolute Gasteiger partial charge is 0.462 e. The Morgan fingerprint density at radius 2 is 0.571 bits per heavy atom. The molecule has 0 aromatic rings. The van der Waals surface area contributed by atoms with Crippen LogP contribution in [0.4, 0.5) is 0 Å². The molecule has 0 aliphatic rings. The Kier molecular flexibility index (Phi) is 49.8. The highest BCUT2D eigenvalue weighted by Crippen LogP contribution is 2.14. The van der Waals surface area contributed by atoms with E-state index in [2.05, 4.69) is 69.4 Å². The molecular weight excluding hydrogens is 781 g/mol. The van der Waals surface area contributed by atoms with Gasteiger partial charge in [0, 0.05) is 19.3 Å². The van der Waals surface area contributed by atoms with Crippen LogP contribution in [0.5, 0.6) is 0 Å². The van der Waals surface area contributed by atoms with Crippen molar-refractivity contribution in [3.63, 3.8) is 0 Å². The zero-order chi connectivity index (χ0) is 45.8. The highest BCUT2D eigenvalue weighted by atomic mass is 16.6. The zero-order valence-corrected chi connectivity index (χ0v) is 41.8. The number of hydrogen-bond acceptors (Lipinski definition) is 6. The lowest BCUT2D eigenvalue weighted by molar-refractivity contribution is -0.167. The SMILES string of the molecule is CCCCCC=CCC=CCCCCCCCC(=O)OCC(COC(=O)CCCCCCCC=CCCCCCCCC)OC(=O)CCCCCCCCCC=CCCCCCC. The summed E-state index contributed by atoms with van der Waals surface area (Å²) in [6.45, 7) is 6.59. The van der Waals surface area contributed by atoms with Crippen LogP contribution in [0.2, 0.25) is 0 Å². The summed E-state index contributed by atoms with van der Waals surface area (Å²) in [5.41, 5.74) is 0. The second kappa shape index (κ2) is 52.0. The van der Waals surface area contributed by atoms with Gasteiger partial charge in [0.15, 0.2) is 6.10 Å². The lowest BCUT2D eigenvalue weighted by atomic mass is 10.1. The van der Waals surface area contributed by atoms with Gasteiger partial charge in [0.2, 0.25) is 0 Å². The van der Waals surface area contributed by atoms with Crippen LogP contribution in [-0.4, -0.2) is 37.2 Å². The first-order chi connectivity index (χ1) is 31.0. The predicted octanol–water partition coefficient (Wildman–Crippen LogP) is 17.9. The Morgan fingerprint density at radius 3 is 0.937 bits per heavy atom. The number of hydrogen-bond donors (Lipinski definition) is 0. The van der Waals surface area contributed by atoms with Gasteiger partial charge >= 0.3 is 17.9 Å². The van der Waals surface area contributed by atoms with Crippen LogP contribution in [0.3, 0.4) is 0 Å². The smallest absolute Gasteiger partial charge is 0.306 e. The Morgan fingerprint density at radius 1 is 0.317 bits per heavy atom. The number of esters is 3. The van der Waals surface area contributed by atoms with E-state index >= 15 is 0 Å². The molecule has 0 rings (SSSR count). The van der Waals surface area contributed by atoms with Crippen molar-refractivity contribution in [3.8, 4) is 0 Å². The molecule has 1 atom stereocenters. The van der Waals surface area contributed by atoms with Crippen LogP contribution < -0.4 is 0 Å². The topological polar surface area (TPSA) is 78.9 Å². The fourth-order valence-electron chi connectivity index (χ4n) is 7.64. The molecule has 1 unspecified atom stereocenters. The molecule has 0 saturated heterocycles. The lowest BCUT2D eigenvalue weighted by Crippen LogP contribution is -2.30. The number of rotatable bonds is 49. The Labute approximate surface area is 390 Å². The first kappa shape index (κ1) is 60.4. The summed E-state index contributed by atoms with van der Waals surface area (Å²) in [5, 5.41) is 0. The fourth-order valence-corrected chi connectivity index (χ4v) is 7.64. The van der Waals surface area contributed by atoms with Crippen LogP contribution >= 0.6 is 0 Å². The molecule has 6 nitrogen and oxygen atoms in total. The van der Waals surface area contributed by atoms with E-state index in [1.807, 2.05) is 0 Å². The van der Waals surface area contributed by atoms with Crippen LogP contribution in [0, 0.1) is 0 Å². The minimum atomic E-state index is -0.783. The van der Waals surface area contributed by atoms with Gasteiger partial charge in [0.1, 0.15) is 13.2 Å². The number of ether oxygens (including phenoxy) is 3. The summed E-state index contributed by atoms with van der Waals surface area (Å²) in [4.78, 5) is 38.0. The normalized spacial score (nSPS) is 12.4. The lowest BCUT2D eigenvalue weighted by Gasteiger charge is -2.18. The summed E-state index contributed by atoms with van der Waals surface area (Å²) in [6.07, 6.45) is 62.3. The maximum Gasteiger partial charge on any atom is 0.306 e. The van der Waals surface area contributed by atoms with Gasteiger partial charge in [-0.2, -0.15) is 0 Å². The van der Waals surface area contributed by atoms with Crippen molar-refractivity contribution in [2.24, 2.45) is 0 Å². The Hall–Kier alpha value is -2.63. The fraction of sp³-hybridized carbons (Fsp3) is 0.807. The van der Waals surface area contributed by atoms with Gasteiger partial charge in [0.05, 0.1) is 0 Å². The van der Waals surface area contributed by atoms with Crippen molar-refractivity contribution < 1.29 is 28.6 Å². The van der Waals surface area contributed by atoms with Crippen molar-refractivity contribution >= 4 is 17.9 Å². The van der Waals surface area contributed by atoms with Gasteiger partial charge in [-0.05, 0) is 103 Å². The third-order valence-electron chi connectivity index (χ3n) is 11.8. The first-order valence-electron chi connectivity index (χ1n) is 27.1. The van der Waals surface area contributed by atoms with Crippen molar-refractivity contribution in [1.29, 1.82) is 0 Å². The van der Waals surface area contributed by atoms with Gasteiger partial charge in [-0.1, -0.05) is 204 Å². The van der Waals surface area contributed by atoms with E-state index in [0.29, 0.717) is 19.3 Å². The molecule has 0 bridgehead atoms. The number of carbonyl (C=O) groups excluding carboxylic acids is 3. The van der Waals surface area contributed by atoms with E-state index in [9.17, 15) is 14.4 Å². The van der Waals surface area contributed by atoms with Crippen LogP contribution in [0.25, 0.3) is 0 Å². The molecule has 0 aromatic heterocycles. The second-order valence-corrected chi connectivity index (χ2v) is 18.1. The molecule has 0 amide bonds. The van der Waals surface area contributed by atoms with Gasteiger partial charge in [-0.15, -0.1) is 0 Å². The van der Waals surface area contributed by atoms with Crippen molar-refractivity contribution in [3.05, 3.63) is 48.6 Å². The third-order valence-corrected chi connectivity index (χ3v) is 11.8. The summed E-state index contributed by atoms with van der Waals surface area (Å²) in [6, 6.07) is 0. The van der Waals surface area contributed by atoms with Gasteiger partial charge < -0.3 is 14.2 Å². The average molecular weight is 883 g/mol.